The van der Waals surface area contributed by atoms with Crippen molar-refractivity contribution >= 4 is 29.0 Å². The van der Waals surface area contributed by atoms with Crippen LogP contribution in [-0.2, 0) is 22.8 Å². The van der Waals surface area contributed by atoms with Gasteiger partial charge in [0.25, 0.3) is 0 Å². The molecule has 0 saturated heterocycles. The zero-order valence-electron chi connectivity index (χ0n) is 10.8. The molecule has 9 heteroatoms. The first kappa shape index (κ1) is 15.7. The Balaban J connectivity index is 2.53. The van der Waals surface area contributed by atoms with Crippen LogP contribution in [0.3, 0.4) is 0 Å². The first-order chi connectivity index (χ1) is 9.64. The maximum Gasteiger partial charge on any atom is 0.435 e. The van der Waals surface area contributed by atoms with Gasteiger partial charge in [-0.15, -0.1) is 0 Å². The first-order valence-corrected chi connectivity index (χ1v) is 6.41. The molecular weight excluding hydrogens is 313 g/mol. The third-order valence-electron chi connectivity index (χ3n) is 3.24. The highest BCUT2D eigenvalue weighted by Crippen LogP contribution is 2.36. The van der Waals surface area contributed by atoms with Crippen LogP contribution in [0.5, 0.6) is 0 Å². The summed E-state index contributed by atoms with van der Waals surface area (Å²) in [6, 6.07) is 0. The lowest BCUT2D eigenvalue weighted by molar-refractivity contribution is -0.142. The molecule has 114 valence electrons. The van der Waals surface area contributed by atoms with Crippen molar-refractivity contribution in [3.63, 3.8) is 0 Å². The summed E-state index contributed by atoms with van der Waals surface area (Å²) in [4.78, 5) is 35.7. The summed E-state index contributed by atoms with van der Waals surface area (Å²) in [5, 5.41) is 2.62. The molecule has 0 N–H and O–H groups in total. The summed E-state index contributed by atoms with van der Waals surface area (Å²) in [6.45, 7) is 0. The number of halogens is 4. The van der Waals surface area contributed by atoms with E-state index >= 15 is 0 Å². The standard InChI is InChI=1S/C12H10ClF3N2O3/c1-18-11(13)8(10(17-18)12(14,15)16)9(21)7-5(19)3-2-4-6(7)20/h7H,2-4H2,1H3. The predicted molar refractivity (Wildman–Crippen MR) is 64.9 cm³/mol. The average molecular weight is 323 g/mol. The molecule has 0 aliphatic heterocycles. The Morgan fingerprint density at radius 2 is 1.81 bits per heavy atom. The van der Waals surface area contributed by atoms with E-state index in [9.17, 15) is 27.6 Å². The minimum Gasteiger partial charge on any atom is -0.298 e. The molecular formula is C12H10ClF3N2O3. The SMILES string of the molecule is Cn1nc(C(F)(F)F)c(C(=O)C2C(=O)CCCC2=O)c1Cl. The van der Waals surface area contributed by atoms with Crippen molar-refractivity contribution in [2.24, 2.45) is 13.0 Å². The molecule has 1 fully saturated rings. The van der Waals surface area contributed by atoms with Crippen LogP contribution >= 0.6 is 11.6 Å². The molecule has 1 aromatic heterocycles. The van der Waals surface area contributed by atoms with Crippen LogP contribution < -0.4 is 0 Å². The zero-order valence-corrected chi connectivity index (χ0v) is 11.6. The summed E-state index contributed by atoms with van der Waals surface area (Å²) < 4.78 is 39.4. The number of nitrogens with zero attached hydrogens (tertiary/aromatic N) is 2. The van der Waals surface area contributed by atoms with Crippen LogP contribution in [-0.4, -0.2) is 27.1 Å². The van der Waals surface area contributed by atoms with Crippen LogP contribution in [0.15, 0.2) is 0 Å². The predicted octanol–water partition coefficient (Wildman–Crippen LogP) is 2.21. The molecule has 0 aromatic carbocycles. The van der Waals surface area contributed by atoms with Gasteiger partial charge < -0.3 is 0 Å². The number of ketones is 3. The average Bonchev–Trinajstić information content (AvgIpc) is 2.65. The molecule has 0 unspecified atom stereocenters. The lowest BCUT2D eigenvalue weighted by Gasteiger charge is -2.18. The van der Waals surface area contributed by atoms with Gasteiger partial charge in [0.15, 0.2) is 23.0 Å². The molecule has 1 heterocycles. The fourth-order valence-electron chi connectivity index (χ4n) is 2.26. The van der Waals surface area contributed by atoms with Gasteiger partial charge in [0.05, 0.1) is 5.56 Å². The van der Waals surface area contributed by atoms with E-state index in [1.807, 2.05) is 0 Å². The molecule has 1 aliphatic carbocycles. The molecule has 5 nitrogen and oxygen atoms in total. The van der Waals surface area contributed by atoms with Gasteiger partial charge >= 0.3 is 6.18 Å². The Bertz CT molecular complexity index is 620. The lowest BCUT2D eigenvalue weighted by atomic mass is 9.81. The van der Waals surface area contributed by atoms with Gasteiger partial charge in [-0.3, -0.25) is 19.1 Å². The van der Waals surface area contributed by atoms with Crippen LogP contribution in [0.2, 0.25) is 5.15 Å². The second-order valence-corrected chi connectivity index (χ2v) is 5.08. The van der Waals surface area contributed by atoms with Gasteiger partial charge in [-0.05, 0) is 6.42 Å². The van der Waals surface area contributed by atoms with Crippen LogP contribution in [0, 0.1) is 5.92 Å². The molecule has 2 rings (SSSR count). The molecule has 1 aliphatic rings. The number of carbonyl (C=O) groups excluding carboxylic acids is 3. The van der Waals surface area contributed by atoms with Crippen molar-refractivity contribution in [2.75, 3.05) is 0 Å². The monoisotopic (exact) mass is 322 g/mol. The van der Waals surface area contributed by atoms with E-state index in [-0.39, 0.29) is 12.8 Å². The van der Waals surface area contributed by atoms with Crippen molar-refractivity contribution < 1.29 is 27.6 Å². The Labute approximate surface area is 122 Å². The second kappa shape index (κ2) is 5.25. The highest BCUT2D eigenvalue weighted by Gasteiger charge is 2.45. The number of alkyl halides is 3. The fraction of sp³-hybridized carbons (Fsp3) is 0.500. The summed E-state index contributed by atoms with van der Waals surface area (Å²) in [7, 11) is 1.14. The smallest absolute Gasteiger partial charge is 0.298 e. The number of aryl methyl sites for hydroxylation is 1. The first-order valence-electron chi connectivity index (χ1n) is 6.04. The molecule has 0 spiro atoms. The normalized spacial score (nSPS) is 17.4. The highest BCUT2D eigenvalue weighted by atomic mass is 35.5. The van der Waals surface area contributed by atoms with Gasteiger partial charge in [0.2, 0.25) is 0 Å². The molecule has 0 amide bonds. The Morgan fingerprint density at radius 3 is 2.29 bits per heavy atom. The largest absolute Gasteiger partial charge is 0.435 e. The van der Waals surface area contributed by atoms with E-state index < -0.39 is 45.9 Å². The third-order valence-corrected chi connectivity index (χ3v) is 3.68. The third kappa shape index (κ3) is 2.72. The molecule has 0 bridgehead atoms. The van der Waals surface area contributed by atoms with E-state index in [0.29, 0.717) is 11.1 Å². The van der Waals surface area contributed by atoms with Gasteiger partial charge in [-0.1, -0.05) is 11.6 Å². The van der Waals surface area contributed by atoms with Crippen molar-refractivity contribution in [1.82, 2.24) is 9.78 Å². The summed E-state index contributed by atoms with van der Waals surface area (Å²) in [6.07, 6.45) is -4.63. The molecule has 0 radical (unpaired) electrons. The lowest BCUT2D eigenvalue weighted by Crippen LogP contribution is -2.36. The Hall–Kier alpha value is -1.70. The quantitative estimate of drug-likeness (QED) is 0.618. The minimum absolute atomic E-state index is 0.0125. The van der Waals surface area contributed by atoms with Crippen molar-refractivity contribution in [3.05, 3.63) is 16.4 Å². The highest BCUT2D eigenvalue weighted by molar-refractivity contribution is 6.35. The maximum atomic E-state index is 12.9. The number of hydrogen-bond acceptors (Lipinski definition) is 4. The van der Waals surface area contributed by atoms with Crippen molar-refractivity contribution in [3.8, 4) is 0 Å². The number of rotatable bonds is 2. The minimum atomic E-state index is -4.91. The topological polar surface area (TPSA) is 69.0 Å². The summed E-state index contributed by atoms with van der Waals surface area (Å²) >= 11 is 5.69. The summed E-state index contributed by atoms with van der Waals surface area (Å²) in [5.41, 5.74) is -2.40. The summed E-state index contributed by atoms with van der Waals surface area (Å²) in [5.74, 6) is -4.29. The van der Waals surface area contributed by atoms with Crippen molar-refractivity contribution in [2.45, 2.75) is 25.4 Å². The number of Topliss-reactive ketones (excluding diaryl/α,β-unsaturated/α-hetero) is 3. The molecule has 0 atom stereocenters. The Kier molecular flexibility index (Phi) is 3.92. The van der Waals surface area contributed by atoms with E-state index in [2.05, 4.69) is 5.10 Å². The van der Waals surface area contributed by atoms with Crippen LogP contribution in [0.1, 0.15) is 35.3 Å². The van der Waals surface area contributed by atoms with Gasteiger partial charge in [0, 0.05) is 19.9 Å². The Morgan fingerprint density at radius 1 is 1.29 bits per heavy atom. The maximum absolute atomic E-state index is 12.9. The molecule has 21 heavy (non-hydrogen) atoms. The number of carbonyl (C=O) groups is 3. The molecule has 1 saturated carbocycles. The van der Waals surface area contributed by atoms with E-state index in [1.54, 1.807) is 0 Å². The zero-order chi connectivity index (χ0) is 15.9. The van der Waals surface area contributed by atoms with Gasteiger partial charge in [0.1, 0.15) is 11.1 Å². The van der Waals surface area contributed by atoms with Crippen LogP contribution in [0.25, 0.3) is 0 Å². The molecule has 1 aromatic rings. The van der Waals surface area contributed by atoms with Gasteiger partial charge in [-0.2, -0.15) is 18.3 Å². The second-order valence-electron chi connectivity index (χ2n) is 4.72. The van der Waals surface area contributed by atoms with E-state index in [0.717, 1.165) is 7.05 Å². The van der Waals surface area contributed by atoms with E-state index in [4.69, 9.17) is 11.6 Å². The van der Waals surface area contributed by atoms with Crippen LogP contribution in [0.4, 0.5) is 13.2 Å². The van der Waals surface area contributed by atoms with Crippen molar-refractivity contribution in [1.29, 1.82) is 0 Å². The fourth-order valence-corrected chi connectivity index (χ4v) is 2.48. The van der Waals surface area contributed by atoms with E-state index in [1.165, 1.54) is 0 Å². The van der Waals surface area contributed by atoms with Gasteiger partial charge in [-0.25, -0.2) is 0 Å². The number of hydrogen-bond donors (Lipinski definition) is 0. The number of aromatic nitrogens is 2.